The summed E-state index contributed by atoms with van der Waals surface area (Å²) in [5.74, 6) is -0.193. The first kappa shape index (κ1) is 40.9. The van der Waals surface area contributed by atoms with E-state index in [-0.39, 0.29) is 46.7 Å². The summed E-state index contributed by atoms with van der Waals surface area (Å²) in [6.07, 6.45) is -2.27. The predicted octanol–water partition coefficient (Wildman–Crippen LogP) is 2.49. The van der Waals surface area contributed by atoms with Crippen LogP contribution in [0.3, 0.4) is 0 Å². The van der Waals surface area contributed by atoms with Crippen molar-refractivity contribution in [3.8, 4) is 0 Å². The van der Waals surface area contributed by atoms with Gasteiger partial charge in [0.1, 0.15) is 42.7 Å². The number of carbonyl (C=O) groups is 1. The van der Waals surface area contributed by atoms with Gasteiger partial charge < -0.3 is 59.8 Å². The normalized spacial score (nSPS) is 54.1. The Kier molecular flexibility index (Phi) is 10.6. The van der Waals surface area contributed by atoms with Crippen molar-refractivity contribution in [2.75, 3.05) is 19.8 Å². The molecule has 0 spiro atoms. The number of hydrogen-bond acceptors (Lipinski definition) is 12. The number of carboxylic acids is 1. The molecule has 7 rings (SSSR count). The average molecular weight is 767 g/mol. The van der Waals surface area contributed by atoms with E-state index in [1.54, 1.807) is 0 Å². The number of rotatable bonds is 8. The van der Waals surface area contributed by atoms with Gasteiger partial charge in [-0.25, -0.2) is 0 Å². The van der Waals surface area contributed by atoms with E-state index in [0.29, 0.717) is 18.8 Å². The molecule has 6 fully saturated rings. The largest absolute Gasteiger partial charge is 0.481 e. The average Bonchev–Trinajstić information content (AvgIpc) is 3.39. The van der Waals surface area contributed by atoms with Crippen molar-refractivity contribution in [1.29, 1.82) is 0 Å². The van der Waals surface area contributed by atoms with E-state index in [4.69, 9.17) is 18.9 Å². The molecule has 18 atom stereocenters. The number of aliphatic hydroxyl groups excluding tert-OH is 7. The Morgan fingerprint density at radius 2 is 1.43 bits per heavy atom. The summed E-state index contributed by atoms with van der Waals surface area (Å²) < 4.78 is 23.5. The lowest BCUT2D eigenvalue weighted by molar-refractivity contribution is -0.309. The van der Waals surface area contributed by atoms with E-state index in [1.165, 1.54) is 5.57 Å². The molecule has 13 nitrogen and oxygen atoms in total. The van der Waals surface area contributed by atoms with Gasteiger partial charge in [-0.15, -0.1) is 0 Å². The first-order chi connectivity index (χ1) is 25.2. The number of aliphatic carboxylic acids is 1. The highest BCUT2D eigenvalue weighted by Gasteiger charge is 2.70. The molecular formula is C41H66O13. The maximum atomic E-state index is 13.0. The standard InChI is InChI=1S/C41H66O13/c1-36(2)13-15-41(35(49)50)16-14-39(5)21(22(41)17-36)7-8-26-37(3)11-10-27(38(4,20-43)25(37)9-12-40(26,39)6)54-34-31(47)29(45)24(53-34)19-51-33-32(48)30(46)28(44)23(18-42)52-33/h7,22-34,42-48H,8-20H2,1-6H3,(H,49,50). The molecule has 2 aliphatic heterocycles. The monoisotopic (exact) mass is 766 g/mol. The highest BCUT2D eigenvalue weighted by Crippen LogP contribution is 2.76. The molecule has 7 aliphatic rings. The third-order valence-corrected chi connectivity index (χ3v) is 17.0. The SMILES string of the molecule is CC1(C)CCC2(C(=O)O)CCC3(C)C(=CCC4C5(C)CCC(OC6OC(COC7OC(CO)C(O)C(O)C7O)C(O)C6O)C(C)(CO)C5CCC43C)C2C1. The summed E-state index contributed by atoms with van der Waals surface area (Å²) in [5.41, 5.74) is -0.231. The zero-order chi connectivity index (χ0) is 39.4. The van der Waals surface area contributed by atoms with Gasteiger partial charge in [-0.2, -0.15) is 0 Å². The second-order valence-electron chi connectivity index (χ2n) is 20.1. The number of hydrogen-bond donors (Lipinski definition) is 8. The Morgan fingerprint density at radius 1 is 0.778 bits per heavy atom. The molecule has 0 radical (unpaired) electrons. The summed E-state index contributed by atoms with van der Waals surface area (Å²) in [4.78, 5) is 13.0. The van der Waals surface area contributed by atoms with E-state index in [0.717, 1.165) is 51.4 Å². The van der Waals surface area contributed by atoms with Crippen LogP contribution in [0.5, 0.6) is 0 Å². The van der Waals surface area contributed by atoms with Gasteiger partial charge in [-0.1, -0.05) is 53.2 Å². The number of fused-ring (bicyclic) bond motifs is 7. The molecule has 4 saturated carbocycles. The quantitative estimate of drug-likeness (QED) is 0.167. The van der Waals surface area contributed by atoms with Gasteiger partial charge in [0.15, 0.2) is 12.6 Å². The van der Waals surface area contributed by atoms with Crippen molar-refractivity contribution in [2.24, 2.45) is 50.2 Å². The molecular weight excluding hydrogens is 700 g/mol. The fourth-order valence-corrected chi connectivity index (χ4v) is 13.4. The van der Waals surface area contributed by atoms with Crippen LogP contribution in [0.2, 0.25) is 0 Å². The van der Waals surface area contributed by atoms with Crippen LogP contribution in [0.25, 0.3) is 0 Å². The second kappa shape index (κ2) is 14.0. The second-order valence-corrected chi connectivity index (χ2v) is 20.1. The molecule has 0 aromatic heterocycles. The molecule has 2 heterocycles. The number of carboxylic acid groups (broad SMARTS) is 1. The zero-order valence-electron chi connectivity index (χ0n) is 32.9. The molecule has 5 aliphatic carbocycles. The van der Waals surface area contributed by atoms with Gasteiger partial charge >= 0.3 is 5.97 Å². The molecule has 13 heteroatoms. The maximum Gasteiger partial charge on any atom is 0.310 e. The van der Waals surface area contributed by atoms with E-state index in [9.17, 15) is 45.6 Å². The molecule has 0 bridgehead atoms. The zero-order valence-corrected chi connectivity index (χ0v) is 32.9. The Hall–Kier alpha value is -1.23. The third kappa shape index (κ3) is 5.92. The minimum absolute atomic E-state index is 0.0345. The van der Waals surface area contributed by atoms with Crippen molar-refractivity contribution in [3.63, 3.8) is 0 Å². The number of aliphatic hydroxyl groups is 7. The Bertz CT molecular complexity index is 1450. The summed E-state index contributed by atoms with van der Waals surface area (Å²) in [6, 6.07) is 0. The molecule has 8 N–H and O–H groups in total. The summed E-state index contributed by atoms with van der Waals surface area (Å²) in [5, 5.41) is 84.0. The maximum absolute atomic E-state index is 13.0. The lowest BCUT2D eigenvalue weighted by Crippen LogP contribution is -2.66. The van der Waals surface area contributed by atoms with Crippen LogP contribution in [-0.4, -0.2) is 128 Å². The number of allylic oxidation sites excluding steroid dienone is 2. The van der Waals surface area contributed by atoms with Crippen molar-refractivity contribution in [1.82, 2.24) is 0 Å². The van der Waals surface area contributed by atoms with Crippen LogP contribution < -0.4 is 0 Å². The highest BCUT2D eigenvalue weighted by atomic mass is 16.7. The Morgan fingerprint density at radius 3 is 2.09 bits per heavy atom. The van der Waals surface area contributed by atoms with Crippen LogP contribution in [0.4, 0.5) is 0 Å². The minimum Gasteiger partial charge on any atom is -0.481 e. The number of ether oxygens (including phenoxy) is 4. The molecule has 2 saturated heterocycles. The van der Waals surface area contributed by atoms with Gasteiger partial charge in [0.05, 0.1) is 31.3 Å². The van der Waals surface area contributed by atoms with Crippen LogP contribution >= 0.6 is 0 Å². The minimum atomic E-state index is -1.62. The van der Waals surface area contributed by atoms with E-state index in [1.807, 2.05) is 0 Å². The van der Waals surface area contributed by atoms with Gasteiger partial charge in [-0.3, -0.25) is 4.79 Å². The van der Waals surface area contributed by atoms with Crippen molar-refractivity contribution >= 4 is 5.97 Å². The summed E-state index contributed by atoms with van der Waals surface area (Å²) in [7, 11) is 0. The first-order valence-corrected chi connectivity index (χ1v) is 20.4. The molecule has 0 aromatic carbocycles. The van der Waals surface area contributed by atoms with Gasteiger partial charge in [-0.05, 0) is 104 Å². The van der Waals surface area contributed by atoms with Crippen molar-refractivity contribution in [2.45, 2.75) is 167 Å². The van der Waals surface area contributed by atoms with Crippen LogP contribution in [-0.2, 0) is 23.7 Å². The summed E-state index contributed by atoms with van der Waals surface area (Å²) in [6.45, 7) is 12.8. The molecule has 18 unspecified atom stereocenters. The molecule has 0 aromatic rings. The van der Waals surface area contributed by atoms with Crippen LogP contribution in [0.15, 0.2) is 11.6 Å². The van der Waals surface area contributed by atoms with Gasteiger partial charge in [0, 0.05) is 5.41 Å². The lowest BCUT2D eigenvalue weighted by atomic mass is 9.33. The molecule has 0 amide bonds. The predicted molar refractivity (Wildman–Crippen MR) is 193 cm³/mol. The molecule has 54 heavy (non-hydrogen) atoms. The Balaban J connectivity index is 1.08. The van der Waals surface area contributed by atoms with E-state index in [2.05, 4.69) is 47.6 Å². The fraction of sp³-hybridized carbons (Fsp3) is 0.927. The Labute approximate surface area is 319 Å². The van der Waals surface area contributed by atoms with Crippen LogP contribution in [0.1, 0.15) is 106 Å². The van der Waals surface area contributed by atoms with Crippen molar-refractivity contribution in [3.05, 3.63) is 11.6 Å². The fourth-order valence-electron chi connectivity index (χ4n) is 13.4. The molecule has 308 valence electrons. The smallest absolute Gasteiger partial charge is 0.310 e. The van der Waals surface area contributed by atoms with E-state index >= 15 is 0 Å². The van der Waals surface area contributed by atoms with E-state index < -0.39 is 84.8 Å². The van der Waals surface area contributed by atoms with Crippen LogP contribution in [0, 0.1) is 50.2 Å². The summed E-state index contributed by atoms with van der Waals surface area (Å²) >= 11 is 0. The lowest BCUT2D eigenvalue weighted by Gasteiger charge is -2.71. The first-order valence-electron chi connectivity index (χ1n) is 20.4. The topological polar surface area (TPSA) is 216 Å². The van der Waals surface area contributed by atoms with Crippen molar-refractivity contribution < 1.29 is 64.6 Å². The van der Waals surface area contributed by atoms with Gasteiger partial charge in [0.25, 0.3) is 0 Å². The highest BCUT2D eigenvalue weighted by molar-refractivity contribution is 5.76. The van der Waals surface area contributed by atoms with Gasteiger partial charge in [0.2, 0.25) is 0 Å². The third-order valence-electron chi connectivity index (χ3n) is 17.0.